The molecule has 2 N–H and O–H groups in total. The van der Waals surface area contributed by atoms with Gasteiger partial charge in [-0.2, -0.15) is 0 Å². The number of carbonyl (C=O) groups is 5. The van der Waals surface area contributed by atoms with Gasteiger partial charge in [0, 0.05) is 34.2 Å². The van der Waals surface area contributed by atoms with Crippen LogP contribution in [0.1, 0.15) is 119 Å². The van der Waals surface area contributed by atoms with E-state index in [0.717, 1.165) is 37.8 Å². The highest BCUT2D eigenvalue weighted by atomic mass is 16.5. The highest BCUT2D eigenvalue weighted by Crippen LogP contribution is 2.30. The molecule has 0 bridgehead atoms. The zero-order valence-electron chi connectivity index (χ0n) is 40.2. The number of nitrogens with zero attached hydrogens (tertiary/aromatic N) is 3. The summed E-state index contributed by atoms with van der Waals surface area (Å²) in [6.45, 7) is 19.6. The number of esters is 1. The summed E-state index contributed by atoms with van der Waals surface area (Å²) in [6, 6.07) is 6.49. The Balaban J connectivity index is 2.25. The molecular weight excluding hydrogens is 775 g/mol. The average molecular weight is 858 g/mol. The first kappa shape index (κ1) is 53.6. The van der Waals surface area contributed by atoms with E-state index < -0.39 is 48.3 Å². The fourth-order valence-corrected chi connectivity index (χ4v) is 9.01. The molecule has 9 atom stereocenters. The fourth-order valence-electron chi connectivity index (χ4n) is 9.01. The Kier molecular flexibility index (Phi) is 23.6. The largest absolute Gasteiger partial charge is 0.467 e. The summed E-state index contributed by atoms with van der Waals surface area (Å²) < 4.78 is 17.1. The quantitative estimate of drug-likeness (QED) is 0.0790. The van der Waals surface area contributed by atoms with E-state index in [2.05, 4.69) is 43.2 Å². The second-order valence-corrected chi connectivity index (χ2v) is 18.5. The van der Waals surface area contributed by atoms with E-state index in [0.29, 0.717) is 18.9 Å². The van der Waals surface area contributed by atoms with E-state index in [1.807, 2.05) is 65.1 Å². The van der Waals surface area contributed by atoms with Gasteiger partial charge in [0.1, 0.15) is 12.1 Å². The molecular formula is C48H83N5O8. The van der Waals surface area contributed by atoms with Crippen LogP contribution in [-0.2, 0) is 44.6 Å². The molecule has 61 heavy (non-hydrogen) atoms. The molecule has 0 saturated carbocycles. The molecule has 1 aliphatic heterocycles. The number of likely N-dealkylation sites (tertiary alicyclic amines) is 1. The average Bonchev–Trinajstić information content (AvgIpc) is 3.71. The minimum absolute atomic E-state index is 0.00815. The van der Waals surface area contributed by atoms with Crippen molar-refractivity contribution in [2.45, 2.75) is 163 Å². The maximum Gasteiger partial charge on any atom is 0.328 e. The molecule has 1 heterocycles. The Hall–Kier alpha value is -3.55. The molecule has 1 saturated heterocycles. The highest BCUT2D eigenvalue weighted by molar-refractivity contribution is 5.90. The van der Waals surface area contributed by atoms with Gasteiger partial charge in [-0.1, -0.05) is 118 Å². The third-order valence-electron chi connectivity index (χ3n) is 12.7. The van der Waals surface area contributed by atoms with Crippen molar-refractivity contribution in [2.24, 2.45) is 29.6 Å². The molecule has 2 rings (SSSR count). The van der Waals surface area contributed by atoms with Crippen LogP contribution in [-0.4, -0.2) is 135 Å². The van der Waals surface area contributed by atoms with E-state index >= 15 is 0 Å². The van der Waals surface area contributed by atoms with Crippen LogP contribution in [0.2, 0.25) is 0 Å². The smallest absolute Gasteiger partial charge is 0.328 e. The first-order valence-electron chi connectivity index (χ1n) is 22.9. The van der Waals surface area contributed by atoms with E-state index in [1.165, 1.54) is 27.1 Å². The lowest BCUT2D eigenvalue weighted by Crippen LogP contribution is -2.60. The first-order valence-corrected chi connectivity index (χ1v) is 22.9. The van der Waals surface area contributed by atoms with Gasteiger partial charge in [0.25, 0.3) is 0 Å². The van der Waals surface area contributed by atoms with Crippen LogP contribution in [0.25, 0.3) is 0 Å². The van der Waals surface area contributed by atoms with Gasteiger partial charge < -0.3 is 34.6 Å². The number of amides is 4. The van der Waals surface area contributed by atoms with Gasteiger partial charge in [0.2, 0.25) is 23.6 Å². The summed E-state index contributed by atoms with van der Waals surface area (Å²) >= 11 is 0. The summed E-state index contributed by atoms with van der Waals surface area (Å²) in [5.74, 6) is -1.67. The number of hydrogen-bond donors (Lipinski definition) is 2. The van der Waals surface area contributed by atoms with Crippen LogP contribution in [0.4, 0.5) is 0 Å². The number of hydrogen-bond acceptors (Lipinski definition) is 9. The Labute approximate surface area is 368 Å². The Morgan fingerprint density at radius 3 is 2.03 bits per heavy atom. The number of ether oxygens (including phenoxy) is 3. The van der Waals surface area contributed by atoms with Crippen molar-refractivity contribution in [3.63, 3.8) is 0 Å². The van der Waals surface area contributed by atoms with Crippen molar-refractivity contribution in [1.29, 1.82) is 0 Å². The van der Waals surface area contributed by atoms with Gasteiger partial charge in [0.05, 0.1) is 49.8 Å². The molecule has 0 aromatic heterocycles. The molecule has 0 unspecified atom stereocenters. The van der Waals surface area contributed by atoms with Crippen molar-refractivity contribution in [3.8, 4) is 0 Å². The molecule has 1 aliphatic rings. The van der Waals surface area contributed by atoms with Crippen LogP contribution in [0, 0.1) is 29.6 Å². The van der Waals surface area contributed by atoms with E-state index in [-0.39, 0.29) is 60.3 Å². The number of carbonyl (C=O) groups excluding carboxylic acids is 5. The molecule has 1 aromatic carbocycles. The van der Waals surface area contributed by atoms with E-state index in [4.69, 9.17) is 14.2 Å². The fraction of sp³-hybridized carbons (Fsp3) is 0.771. The third-order valence-corrected chi connectivity index (χ3v) is 12.7. The van der Waals surface area contributed by atoms with E-state index in [1.54, 1.807) is 30.9 Å². The zero-order valence-corrected chi connectivity index (χ0v) is 40.2. The first-order chi connectivity index (χ1) is 28.8. The number of nitrogens with one attached hydrogen (secondary N) is 2. The lowest BCUT2D eigenvalue weighted by atomic mass is 9.89. The lowest BCUT2D eigenvalue weighted by molar-refractivity contribution is -0.149. The number of unbranched alkanes of at least 4 members (excludes halogenated alkanes) is 2. The van der Waals surface area contributed by atoms with Crippen molar-refractivity contribution in [1.82, 2.24) is 25.3 Å². The minimum Gasteiger partial charge on any atom is -0.467 e. The Bertz CT molecular complexity index is 1490. The van der Waals surface area contributed by atoms with Gasteiger partial charge >= 0.3 is 5.97 Å². The molecule has 0 aliphatic carbocycles. The highest BCUT2D eigenvalue weighted by Gasteiger charge is 2.43. The molecule has 13 nitrogen and oxygen atoms in total. The van der Waals surface area contributed by atoms with Crippen LogP contribution in [0.15, 0.2) is 30.3 Å². The van der Waals surface area contributed by atoms with Gasteiger partial charge in [-0.05, 0) is 62.1 Å². The van der Waals surface area contributed by atoms with Crippen molar-refractivity contribution < 1.29 is 38.2 Å². The SMILES string of the molecule is CC[C@H](C)[C@@H]([C@@H](CC(=O)N1CCC[C@H]1[C@H](OC)[C@@H](C)C(=O)N[C@@H](Cc1ccccc1)C(=O)OC)OC)N(C)C(=O)[C@@H](NC(=O)[C@H](C(C)C)N(C)CCCCCC(C)C)C(C)C. The normalized spacial score (nSPS) is 18.3. The summed E-state index contributed by atoms with van der Waals surface area (Å²) in [6.07, 6.45) is 5.57. The number of methoxy groups -OCH3 is 3. The predicted molar refractivity (Wildman–Crippen MR) is 242 cm³/mol. The maximum atomic E-state index is 14.5. The molecule has 0 spiro atoms. The van der Waals surface area contributed by atoms with Crippen molar-refractivity contribution >= 4 is 29.6 Å². The topological polar surface area (TPSA) is 147 Å². The van der Waals surface area contributed by atoms with Gasteiger partial charge in [-0.25, -0.2) is 4.79 Å². The molecule has 0 radical (unpaired) electrons. The van der Waals surface area contributed by atoms with Crippen molar-refractivity contribution in [3.05, 3.63) is 35.9 Å². The monoisotopic (exact) mass is 858 g/mol. The minimum atomic E-state index is -0.892. The molecule has 1 aromatic rings. The van der Waals surface area contributed by atoms with Crippen LogP contribution < -0.4 is 10.6 Å². The summed E-state index contributed by atoms with van der Waals surface area (Å²) in [4.78, 5) is 74.9. The predicted octanol–water partition coefficient (Wildman–Crippen LogP) is 6.12. The summed E-state index contributed by atoms with van der Waals surface area (Å²) in [7, 11) is 8.14. The molecule has 4 amide bonds. The second-order valence-electron chi connectivity index (χ2n) is 18.5. The number of benzene rings is 1. The van der Waals surface area contributed by atoms with Gasteiger partial charge in [-0.15, -0.1) is 0 Å². The Morgan fingerprint density at radius 2 is 1.49 bits per heavy atom. The molecule has 13 heteroatoms. The third kappa shape index (κ3) is 15.9. The number of likely N-dealkylation sites (N-methyl/N-ethyl adjacent to an activating group) is 2. The van der Waals surface area contributed by atoms with Crippen LogP contribution >= 0.6 is 0 Å². The zero-order chi connectivity index (χ0) is 46.0. The summed E-state index contributed by atoms with van der Waals surface area (Å²) in [5, 5.41) is 6.02. The standard InChI is InChI=1S/C48H83N5O8/c1-15-34(8)43(52(11)47(57)41(32(4)5)50-46(56)42(33(6)7)51(10)27-21-17-18-23-31(2)3)39(59-12)30-40(54)53-28-22-26-38(53)44(60-13)35(9)45(55)49-37(48(58)61-14)29-36-24-19-16-20-25-36/h16,19-20,24-25,31-35,37-39,41-44H,15,17-18,21-23,26-30H2,1-14H3,(H,49,55)(H,50,56)/t34-,35+,37-,38-,39+,41-,42-,43-,44+/m0/s1. The van der Waals surface area contributed by atoms with Gasteiger partial charge in [0.15, 0.2) is 0 Å². The van der Waals surface area contributed by atoms with E-state index in [9.17, 15) is 24.0 Å². The molecule has 348 valence electrons. The second kappa shape index (κ2) is 26.8. The lowest BCUT2D eigenvalue weighted by Gasteiger charge is -2.41. The Morgan fingerprint density at radius 1 is 0.836 bits per heavy atom. The summed E-state index contributed by atoms with van der Waals surface area (Å²) in [5.41, 5.74) is 0.878. The maximum absolute atomic E-state index is 14.5. The molecule has 1 fully saturated rings. The van der Waals surface area contributed by atoms with Crippen LogP contribution in [0.3, 0.4) is 0 Å². The number of rotatable bonds is 27. The van der Waals surface area contributed by atoms with Gasteiger partial charge in [-0.3, -0.25) is 24.1 Å². The van der Waals surface area contributed by atoms with Crippen LogP contribution in [0.5, 0.6) is 0 Å². The van der Waals surface area contributed by atoms with Crippen molar-refractivity contribution in [2.75, 3.05) is 48.5 Å².